The van der Waals surface area contributed by atoms with Gasteiger partial charge in [-0.25, -0.2) is 4.39 Å². The van der Waals surface area contributed by atoms with Crippen molar-refractivity contribution < 1.29 is 23.4 Å². The van der Waals surface area contributed by atoms with Crippen LogP contribution in [0.1, 0.15) is 10.4 Å². The summed E-state index contributed by atoms with van der Waals surface area (Å²) < 4.78 is 29.8. The van der Waals surface area contributed by atoms with Gasteiger partial charge < -0.3 is 19.5 Å². The van der Waals surface area contributed by atoms with Crippen molar-refractivity contribution in [1.29, 1.82) is 0 Å². The molecule has 0 unspecified atom stereocenters. The van der Waals surface area contributed by atoms with E-state index in [4.69, 9.17) is 14.2 Å². The summed E-state index contributed by atoms with van der Waals surface area (Å²) in [5.74, 6) is 0.475. The Morgan fingerprint density at radius 1 is 1.30 bits per heavy atom. The van der Waals surface area contributed by atoms with Crippen LogP contribution in [0, 0.1) is 5.82 Å². The van der Waals surface area contributed by atoms with Crippen LogP contribution in [-0.4, -0.2) is 32.3 Å². The highest BCUT2D eigenvalue weighted by molar-refractivity contribution is 5.94. The maximum absolute atomic E-state index is 13.6. The molecule has 2 aromatic carbocycles. The van der Waals surface area contributed by atoms with E-state index in [1.54, 1.807) is 0 Å². The summed E-state index contributed by atoms with van der Waals surface area (Å²) in [7, 11) is 1.37. The van der Waals surface area contributed by atoms with Gasteiger partial charge in [0.25, 0.3) is 5.91 Å². The van der Waals surface area contributed by atoms with Crippen LogP contribution in [0.3, 0.4) is 0 Å². The number of para-hydroxylation sites is 2. The van der Waals surface area contributed by atoms with Crippen molar-refractivity contribution in [3.8, 4) is 17.2 Å². The molecule has 1 amide bonds. The lowest BCUT2D eigenvalue weighted by Crippen LogP contribution is -2.40. The molecule has 0 spiro atoms. The number of ether oxygens (including phenoxy) is 3. The van der Waals surface area contributed by atoms with Crippen molar-refractivity contribution >= 4 is 5.91 Å². The number of nitrogens with one attached hydrogen (secondary N) is 1. The Bertz CT molecular complexity index is 719. The Balaban J connectivity index is 1.58. The van der Waals surface area contributed by atoms with Gasteiger partial charge in [-0.15, -0.1) is 0 Å². The molecule has 0 aromatic heterocycles. The molecule has 23 heavy (non-hydrogen) atoms. The molecule has 0 fully saturated rings. The summed E-state index contributed by atoms with van der Waals surface area (Å²) in [6.45, 7) is 0.606. The van der Waals surface area contributed by atoms with E-state index in [9.17, 15) is 9.18 Å². The lowest BCUT2D eigenvalue weighted by atomic mass is 10.2. The zero-order chi connectivity index (χ0) is 16.2. The first kappa shape index (κ1) is 15.1. The number of carbonyl (C=O) groups excluding carboxylic acids is 1. The molecule has 120 valence electrons. The molecule has 0 saturated heterocycles. The average molecular weight is 317 g/mol. The monoisotopic (exact) mass is 317 g/mol. The Kier molecular flexibility index (Phi) is 4.32. The van der Waals surface area contributed by atoms with Gasteiger partial charge in [-0.05, 0) is 30.3 Å². The summed E-state index contributed by atoms with van der Waals surface area (Å²) >= 11 is 0. The Morgan fingerprint density at radius 3 is 2.83 bits per heavy atom. The number of hydrogen-bond acceptors (Lipinski definition) is 4. The van der Waals surface area contributed by atoms with E-state index in [0.29, 0.717) is 18.1 Å². The quantitative estimate of drug-likeness (QED) is 0.941. The first-order valence-corrected chi connectivity index (χ1v) is 7.17. The number of amides is 1. The maximum atomic E-state index is 13.6. The van der Waals surface area contributed by atoms with E-state index in [-0.39, 0.29) is 29.9 Å². The molecular weight excluding hydrogens is 301 g/mol. The van der Waals surface area contributed by atoms with Gasteiger partial charge in [-0.1, -0.05) is 12.1 Å². The molecule has 2 aromatic rings. The number of benzene rings is 2. The van der Waals surface area contributed by atoms with Crippen LogP contribution < -0.4 is 19.5 Å². The summed E-state index contributed by atoms with van der Waals surface area (Å²) in [6, 6.07) is 11.4. The lowest BCUT2D eigenvalue weighted by Gasteiger charge is -2.26. The van der Waals surface area contributed by atoms with Crippen molar-refractivity contribution in [2.24, 2.45) is 0 Å². The number of halogens is 1. The van der Waals surface area contributed by atoms with Crippen LogP contribution >= 0.6 is 0 Å². The van der Waals surface area contributed by atoms with Gasteiger partial charge in [-0.3, -0.25) is 4.79 Å². The van der Waals surface area contributed by atoms with Crippen LogP contribution in [0.5, 0.6) is 17.2 Å². The minimum atomic E-state index is -0.577. The molecule has 1 aliphatic heterocycles. The fourth-order valence-electron chi connectivity index (χ4n) is 2.28. The average Bonchev–Trinajstić information content (AvgIpc) is 2.59. The van der Waals surface area contributed by atoms with E-state index in [2.05, 4.69) is 5.32 Å². The standard InChI is InChI=1S/C17H16FNO4/c1-21-14-7-6-11(8-13(14)18)17(20)19-9-12-10-22-15-4-2-3-5-16(15)23-12/h2-8,12H,9-10H2,1H3,(H,19,20)/t12-/m0/s1. The molecule has 1 N–H and O–H groups in total. The second kappa shape index (κ2) is 6.56. The third kappa shape index (κ3) is 3.36. The zero-order valence-electron chi connectivity index (χ0n) is 12.5. The van der Waals surface area contributed by atoms with Crippen molar-refractivity contribution in [2.75, 3.05) is 20.3 Å². The number of methoxy groups -OCH3 is 1. The highest BCUT2D eigenvalue weighted by Crippen LogP contribution is 2.30. The summed E-state index contributed by atoms with van der Waals surface area (Å²) in [6.07, 6.45) is -0.294. The largest absolute Gasteiger partial charge is 0.494 e. The van der Waals surface area contributed by atoms with Crippen LogP contribution in [0.2, 0.25) is 0 Å². The van der Waals surface area contributed by atoms with Crippen LogP contribution in [-0.2, 0) is 0 Å². The molecule has 0 radical (unpaired) electrons. The third-order valence-electron chi connectivity index (χ3n) is 3.47. The first-order chi connectivity index (χ1) is 11.2. The van der Waals surface area contributed by atoms with E-state index < -0.39 is 5.82 Å². The molecule has 0 bridgehead atoms. The predicted octanol–water partition coefficient (Wildman–Crippen LogP) is 2.40. The number of carbonyl (C=O) groups is 1. The SMILES string of the molecule is COc1ccc(C(=O)NC[C@H]2COc3ccccc3O2)cc1F. The normalized spacial score (nSPS) is 15.8. The molecule has 1 atom stereocenters. The summed E-state index contributed by atoms with van der Waals surface area (Å²) in [4.78, 5) is 12.1. The number of hydrogen-bond donors (Lipinski definition) is 1. The smallest absolute Gasteiger partial charge is 0.251 e. The maximum Gasteiger partial charge on any atom is 0.251 e. The lowest BCUT2D eigenvalue weighted by molar-refractivity contribution is 0.0789. The van der Waals surface area contributed by atoms with Crippen molar-refractivity contribution in [1.82, 2.24) is 5.32 Å². The highest BCUT2D eigenvalue weighted by atomic mass is 19.1. The Hall–Kier alpha value is -2.76. The molecule has 1 heterocycles. The van der Waals surface area contributed by atoms with Gasteiger partial charge in [0.15, 0.2) is 23.1 Å². The molecule has 1 aliphatic rings. The van der Waals surface area contributed by atoms with E-state index in [1.165, 1.54) is 19.2 Å². The number of fused-ring (bicyclic) bond motifs is 1. The molecule has 5 nitrogen and oxygen atoms in total. The zero-order valence-corrected chi connectivity index (χ0v) is 12.5. The van der Waals surface area contributed by atoms with Crippen LogP contribution in [0.4, 0.5) is 4.39 Å². The molecule has 0 aliphatic carbocycles. The summed E-state index contributed by atoms with van der Waals surface area (Å²) in [5.41, 5.74) is 0.223. The van der Waals surface area contributed by atoms with E-state index in [1.807, 2.05) is 24.3 Å². The fourth-order valence-corrected chi connectivity index (χ4v) is 2.28. The topological polar surface area (TPSA) is 56.8 Å². The van der Waals surface area contributed by atoms with Gasteiger partial charge >= 0.3 is 0 Å². The van der Waals surface area contributed by atoms with Gasteiger partial charge in [0.05, 0.1) is 13.7 Å². The summed E-state index contributed by atoms with van der Waals surface area (Å²) in [5, 5.41) is 2.71. The van der Waals surface area contributed by atoms with Gasteiger partial charge in [0.2, 0.25) is 0 Å². The van der Waals surface area contributed by atoms with Crippen molar-refractivity contribution in [3.63, 3.8) is 0 Å². The Morgan fingerprint density at radius 2 is 2.09 bits per heavy atom. The highest BCUT2D eigenvalue weighted by Gasteiger charge is 2.21. The first-order valence-electron chi connectivity index (χ1n) is 7.17. The third-order valence-corrected chi connectivity index (χ3v) is 3.47. The molecular formula is C17H16FNO4. The predicted molar refractivity (Wildman–Crippen MR) is 81.6 cm³/mol. The number of rotatable bonds is 4. The van der Waals surface area contributed by atoms with Gasteiger partial charge in [-0.2, -0.15) is 0 Å². The van der Waals surface area contributed by atoms with E-state index >= 15 is 0 Å². The van der Waals surface area contributed by atoms with Gasteiger partial charge in [0.1, 0.15) is 12.7 Å². The van der Waals surface area contributed by atoms with Gasteiger partial charge in [0, 0.05) is 5.56 Å². The second-order valence-electron chi connectivity index (χ2n) is 5.06. The van der Waals surface area contributed by atoms with Crippen LogP contribution in [0.15, 0.2) is 42.5 Å². The van der Waals surface area contributed by atoms with E-state index in [0.717, 1.165) is 6.07 Å². The second-order valence-corrected chi connectivity index (χ2v) is 5.06. The Labute approximate surface area is 133 Å². The fraction of sp³-hybridized carbons (Fsp3) is 0.235. The van der Waals surface area contributed by atoms with Crippen LogP contribution in [0.25, 0.3) is 0 Å². The van der Waals surface area contributed by atoms with Crippen molar-refractivity contribution in [2.45, 2.75) is 6.10 Å². The molecule has 3 rings (SSSR count). The minimum Gasteiger partial charge on any atom is -0.494 e. The minimum absolute atomic E-state index is 0.0992. The van der Waals surface area contributed by atoms with Crippen molar-refractivity contribution in [3.05, 3.63) is 53.8 Å². The molecule has 0 saturated carbocycles. The molecule has 6 heteroatoms.